The minimum absolute atomic E-state index is 0.110. The van der Waals surface area contributed by atoms with Crippen molar-refractivity contribution in [3.63, 3.8) is 0 Å². The van der Waals surface area contributed by atoms with Gasteiger partial charge in [-0.1, -0.05) is 18.6 Å². The highest BCUT2D eigenvalue weighted by Gasteiger charge is 2.24. The highest BCUT2D eigenvalue weighted by atomic mass is 32.2. The molecule has 1 aromatic carbocycles. The zero-order chi connectivity index (χ0) is 12.5. The Morgan fingerprint density at radius 1 is 1.41 bits per heavy atom. The van der Waals surface area contributed by atoms with Gasteiger partial charge < -0.3 is 5.73 Å². The van der Waals surface area contributed by atoms with Crippen molar-refractivity contribution >= 4 is 10.0 Å². The lowest BCUT2D eigenvalue weighted by molar-refractivity contribution is 0.383. The molecule has 4 nitrogen and oxygen atoms in total. The lowest BCUT2D eigenvalue weighted by atomic mass is 9.94. The van der Waals surface area contributed by atoms with Crippen molar-refractivity contribution in [2.24, 2.45) is 5.73 Å². The third-order valence-electron chi connectivity index (χ3n) is 3.12. The average molecular weight is 254 g/mol. The Morgan fingerprint density at radius 3 is 2.65 bits per heavy atom. The molecule has 3 N–H and O–H groups in total. The molecule has 1 unspecified atom stereocenters. The van der Waals surface area contributed by atoms with E-state index in [2.05, 4.69) is 4.72 Å². The van der Waals surface area contributed by atoms with E-state index in [1.165, 1.54) is 0 Å². The fraction of sp³-hybridized carbons (Fsp3) is 0.500. The highest BCUT2D eigenvalue weighted by molar-refractivity contribution is 7.89. The van der Waals surface area contributed by atoms with Crippen LogP contribution >= 0.6 is 0 Å². The highest BCUT2D eigenvalue weighted by Crippen LogP contribution is 2.22. The first-order valence-corrected chi connectivity index (χ1v) is 7.35. The van der Waals surface area contributed by atoms with Crippen LogP contribution in [0.1, 0.15) is 37.8 Å². The smallest absolute Gasteiger partial charge is 0.240 e. The van der Waals surface area contributed by atoms with Crippen molar-refractivity contribution in [3.05, 3.63) is 29.8 Å². The van der Waals surface area contributed by atoms with E-state index in [0.29, 0.717) is 4.90 Å². The van der Waals surface area contributed by atoms with Crippen LogP contribution in [0.15, 0.2) is 29.2 Å². The number of hydrogen-bond acceptors (Lipinski definition) is 3. The molecule has 5 heteroatoms. The lowest BCUT2D eigenvalue weighted by Crippen LogP contribution is -2.39. The van der Waals surface area contributed by atoms with E-state index in [1.807, 2.05) is 13.0 Å². The summed E-state index contributed by atoms with van der Waals surface area (Å²) >= 11 is 0. The fourth-order valence-corrected chi connectivity index (χ4v) is 3.14. The first-order valence-electron chi connectivity index (χ1n) is 5.87. The van der Waals surface area contributed by atoms with Gasteiger partial charge >= 0.3 is 0 Å². The summed E-state index contributed by atoms with van der Waals surface area (Å²) in [4.78, 5) is 0.305. The van der Waals surface area contributed by atoms with Gasteiger partial charge in [0, 0.05) is 12.1 Å². The van der Waals surface area contributed by atoms with Gasteiger partial charge in [0.15, 0.2) is 0 Å². The van der Waals surface area contributed by atoms with E-state index in [9.17, 15) is 8.42 Å². The number of sulfonamides is 1. The number of benzene rings is 1. The molecular formula is C12H18N2O2S. The van der Waals surface area contributed by atoms with Gasteiger partial charge in [-0.15, -0.1) is 0 Å². The number of nitrogens with one attached hydrogen (secondary N) is 1. The van der Waals surface area contributed by atoms with Crippen molar-refractivity contribution in [3.8, 4) is 0 Å². The second-order valence-corrected chi connectivity index (χ2v) is 6.32. The molecule has 0 amide bonds. The fourth-order valence-electron chi connectivity index (χ4n) is 1.78. The van der Waals surface area contributed by atoms with Crippen molar-refractivity contribution in [2.45, 2.75) is 43.2 Å². The molecule has 0 heterocycles. The lowest BCUT2D eigenvalue weighted by Gasteiger charge is -2.26. The third kappa shape index (κ3) is 2.86. The first-order chi connectivity index (χ1) is 7.99. The topological polar surface area (TPSA) is 72.2 Å². The van der Waals surface area contributed by atoms with Crippen molar-refractivity contribution < 1.29 is 8.42 Å². The maximum atomic E-state index is 12.1. The Balaban J connectivity index is 2.22. The summed E-state index contributed by atoms with van der Waals surface area (Å²) in [6, 6.07) is 6.77. The van der Waals surface area contributed by atoms with Crippen LogP contribution in [0.5, 0.6) is 0 Å². The van der Waals surface area contributed by atoms with E-state index in [1.54, 1.807) is 18.2 Å². The first kappa shape index (κ1) is 12.5. The summed E-state index contributed by atoms with van der Waals surface area (Å²) in [6.45, 7) is 1.84. The Bertz CT molecular complexity index is 493. The molecule has 1 aliphatic carbocycles. The summed E-state index contributed by atoms with van der Waals surface area (Å²) in [5.74, 6) is 0. The molecule has 0 aromatic heterocycles. The molecule has 0 bridgehead atoms. The largest absolute Gasteiger partial charge is 0.324 e. The Morgan fingerprint density at radius 2 is 2.12 bits per heavy atom. The third-order valence-corrected chi connectivity index (χ3v) is 4.64. The number of rotatable bonds is 4. The van der Waals surface area contributed by atoms with Crippen LogP contribution in [0.2, 0.25) is 0 Å². The maximum absolute atomic E-state index is 12.1. The molecule has 1 atom stereocenters. The van der Waals surface area contributed by atoms with E-state index in [0.717, 1.165) is 24.8 Å². The quantitative estimate of drug-likeness (QED) is 0.856. The molecule has 1 aliphatic rings. The molecule has 1 saturated carbocycles. The van der Waals surface area contributed by atoms with Gasteiger partial charge in [-0.05, 0) is 37.5 Å². The molecule has 2 rings (SSSR count). The molecule has 1 aromatic rings. The SMILES string of the molecule is CC(N)c1cccc(S(=O)(=O)NC2CCC2)c1. The molecule has 0 radical (unpaired) electrons. The van der Waals surface area contributed by atoms with Gasteiger partial charge in [0.1, 0.15) is 0 Å². The van der Waals surface area contributed by atoms with Crippen LogP contribution < -0.4 is 10.5 Å². The summed E-state index contributed by atoms with van der Waals surface area (Å²) in [5, 5.41) is 0. The Hall–Kier alpha value is -0.910. The van der Waals surface area contributed by atoms with Crippen molar-refractivity contribution in [2.75, 3.05) is 0 Å². The standard InChI is InChI=1S/C12H18N2O2S/c1-9(13)10-4-2-7-12(8-10)17(15,16)14-11-5-3-6-11/h2,4,7-9,11,14H,3,5-6,13H2,1H3. The molecule has 94 valence electrons. The van der Waals surface area contributed by atoms with E-state index >= 15 is 0 Å². The van der Waals surface area contributed by atoms with Gasteiger partial charge in [-0.2, -0.15) is 0 Å². The summed E-state index contributed by atoms with van der Waals surface area (Å²) in [6.07, 6.45) is 2.98. The minimum Gasteiger partial charge on any atom is -0.324 e. The predicted molar refractivity (Wildman–Crippen MR) is 67.0 cm³/mol. The van der Waals surface area contributed by atoms with Crippen LogP contribution in [0.25, 0.3) is 0 Å². The normalized spacial score (nSPS) is 18.7. The molecule has 0 aliphatic heterocycles. The van der Waals surface area contributed by atoms with Crippen molar-refractivity contribution in [1.82, 2.24) is 4.72 Å². The van der Waals surface area contributed by atoms with Crippen LogP contribution in [0.4, 0.5) is 0 Å². The van der Waals surface area contributed by atoms with Crippen LogP contribution in [0.3, 0.4) is 0 Å². The molecule has 0 spiro atoms. The zero-order valence-electron chi connectivity index (χ0n) is 9.89. The average Bonchev–Trinajstić information content (AvgIpc) is 2.24. The molecule has 17 heavy (non-hydrogen) atoms. The van der Waals surface area contributed by atoms with Gasteiger partial charge in [0.2, 0.25) is 10.0 Å². The zero-order valence-corrected chi connectivity index (χ0v) is 10.7. The molecule has 0 saturated heterocycles. The number of nitrogens with two attached hydrogens (primary N) is 1. The molecular weight excluding hydrogens is 236 g/mol. The second kappa shape index (κ2) is 4.76. The van der Waals surface area contributed by atoms with E-state index in [4.69, 9.17) is 5.73 Å². The van der Waals surface area contributed by atoms with Gasteiger partial charge in [0.25, 0.3) is 0 Å². The minimum atomic E-state index is -3.38. The Kier molecular flexibility index (Phi) is 3.51. The van der Waals surface area contributed by atoms with Gasteiger partial charge in [-0.25, -0.2) is 13.1 Å². The second-order valence-electron chi connectivity index (χ2n) is 4.61. The number of hydrogen-bond donors (Lipinski definition) is 2. The monoisotopic (exact) mass is 254 g/mol. The van der Waals surface area contributed by atoms with E-state index in [-0.39, 0.29) is 12.1 Å². The van der Waals surface area contributed by atoms with Crippen molar-refractivity contribution in [1.29, 1.82) is 0 Å². The van der Waals surface area contributed by atoms with E-state index < -0.39 is 10.0 Å². The summed E-state index contributed by atoms with van der Waals surface area (Å²) in [7, 11) is -3.38. The maximum Gasteiger partial charge on any atom is 0.240 e. The van der Waals surface area contributed by atoms with Crippen LogP contribution in [-0.4, -0.2) is 14.5 Å². The predicted octanol–water partition coefficient (Wildman–Crippen LogP) is 1.54. The van der Waals surface area contributed by atoms with Crippen LogP contribution in [-0.2, 0) is 10.0 Å². The van der Waals surface area contributed by atoms with Gasteiger partial charge in [0.05, 0.1) is 4.90 Å². The van der Waals surface area contributed by atoms with Crippen LogP contribution in [0, 0.1) is 0 Å². The summed E-state index contributed by atoms with van der Waals surface area (Å²) in [5.41, 5.74) is 6.58. The van der Waals surface area contributed by atoms with Gasteiger partial charge in [-0.3, -0.25) is 0 Å². The summed E-state index contributed by atoms with van der Waals surface area (Å²) < 4.78 is 26.8. The Labute approximate surface area is 102 Å². The molecule has 1 fully saturated rings.